The molecule has 2 aliphatic rings. The van der Waals surface area contributed by atoms with E-state index in [1.165, 1.54) is 4.90 Å². The Kier molecular flexibility index (Phi) is 6.14. The minimum Gasteiger partial charge on any atom is -0.360 e. The minimum atomic E-state index is 0.217. The van der Waals surface area contributed by atoms with Gasteiger partial charge >= 0.3 is 0 Å². The first-order chi connectivity index (χ1) is 13.3. The number of amides is 1. The molecule has 2 N–H and O–H groups in total. The Morgan fingerprint density at radius 3 is 2.89 bits per heavy atom. The van der Waals surface area contributed by atoms with Gasteiger partial charge in [-0.1, -0.05) is 23.4 Å². The molecule has 1 saturated heterocycles. The number of benzene rings is 1. The SMILES string of the molecule is O=C(C[C@@H]1CCNC[C@H]1Cc1cc(CSc2ccccc2)on1)NC1CC1. The largest absolute Gasteiger partial charge is 0.360 e. The van der Waals surface area contributed by atoms with Gasteiger partial charge in [-0.05, 0) is 62.7 Å². The van der Waals surface area contributed by atoms with E-state index in [4.69, 9.17) is 4.52 Å². The number of rotatable bonds is 8. The highest BCUT2D eigenvalue weighted by molar-refractivity contribution is 7.98. The maximum Gasteiger partial charge on any atom is 0.220 e. The van der Waals surface area contributed by atoms with Crippen LogP contribution in [0.3, 0.4) is 0 Å². The van der Waals surface area contributed by atoms with Crippen LogP contribution in [0.1, 0.15) is 37.1 Å². The molecule has 1 aliphatic heterocycles. The lowest BCUT2D eigenvalue weighted by molar-refractivity contribution is -0.122. The zero-order valence-corrected chi connectivity index (χ0v) is 16.3. The molecule has 4 rings (SSSR count). The number of hydrogen-bond donors (Lipinski definition) is 2. The average molecular weight is 386 g/mol. The van der Waals surface area contributed by atoms with Gasteiger partial charge in [-0.2, -0.15) is 0 Å². The summed E-state index contributed by atoms with van der Waals surface area (Å²) >= 11 is 1.75. The normalized spacial score (nSPS) is 22.5. The van der Waals surface area contributed by atoms with Crippen LogP contribution >= 0.6 is 11.8 Å². The zero-order chi connectivity index (χ0) is 18.5. The van der Waals surface area contributed by atoms with Crippen molar-refractivity contribution < 1.29 is 9.32 Å². The molecule has 1 aliphatic carbocycles. The highest BCUT2D eigenvalue weighted by Gasteiger charge is 2.30. The number of hydrogen-bond acceptors (Lipinski definition) is 5. The number of piperidine rings is 1. The molecule has 2 heterocycles. The summed E-state index contributed by atoms with van der Waals surface area (Å²) in [7, 11) is 0. The second-order valence-corrected chi connectivity index (χ2v) is 8.70. The van der Waals surface area contributed by atoms with E-state index in [0.717, 1.165) is 56.0 Å². The van der Waals surface area contributed by atoms with Crippen LogP contribution in [0.4, 0.5) is 0 Å². The Bertz CT molecular complexity index is 745. The monoisotopic (exact) mass is 385 g/mol. The van der Waals surface area contributed by atoms with E-state index in [2.05, 4.69) is 34.0 Å². The summed E-state index contributed by atoms with van der Waals surface area (Å²) in [6.45, 7) is 1.94. The van der Waals surface area contributed by atoms with Gasteiger partial charge in [-0.15, -0.1) is 11.8 Å². The second kappa shape index (κ2) is 8.93. The van der Waals surface area contributed by atoms with Crippen molar-refractivity contribution in [3.8, 4) is 0 Å². The van der Waals surface area contributed by atoms with Crippen LogP contribution in [-0.4, -0.2) is 30.2 Å². The number of nitrogens with one attached hydrogen (secondary N) is 2. The van der Waals surface area contributed by atoms with E-state index in [-0.39, 0.29) is 5.91 Å². The van der Waals surface area contributed by atoms with Crippen molar-refractivity contribution >= 4 is 17.7 Å². The molecule has 27 heavy (non-hydrogen) atoms. The molecule has 0 spiro atoms. The molecule has 1 amide bonds. The number of carbonyl (C=O) groups excluding carboxylic acids is 1. The Hall–Kier alpha value is -1.79. The van der Waals surface area contributed by atoms with E-state index in [1.807, 2.05) is 18.2 Å². The average Bonchev–Trinajstić information content (AvgIpc) is 3.38. The molecule has 5 nitrogen and oxygen atoms in total. The summed E-state index contributed by atoms with van der Waals surface area (Å²) in [6, 6.07) is 12.8. The highest BCUT2D eigenvalue weighted by Crippen LogP contribution is 2.28. The number of aromatic nitrogens is 1. The highest BCUT2D eigenvalue weighted by atomic mass is 32.2. The summed E-state index contributed by atoms with van der Waals surface area (Å²) in [4.78, 5) is 13.4. The van der Waals surface area contributed by atoms with Crippen LogP contribution in [0.25, 0.3) is 0 Å². The maximum absolute atomic E-state index is 12.2. The summed E-state index contributed by atoms with van der Waals surface area (Å²) in [5.74, 6) is 2.76. The minimum absolute atomic E-state index is 0.217. The molecule has 0 radical (unpaired) electrons. The Balaban J connectivity index is 1.30. The van der Waals surface area contributed by atoms with Crippen LogP contribution in [0.2, 0.25) is 0 Å². The number of nitrogens with zero attached hydrogens (tertiary/aromatic N) is 1. The summed E-state index contributed by atoms with van der Waals surface area (Å²) < 4.78 is 5.53. The van der Waals surface area contributed by atoms with Crippen molar-refractivity contribution in [3.63, 3.8) is 0 Å². The van der Waals surface area contributed by atoms with Crippen molar-refractivity contribution in [2.75, 3.05) is 13.1 Å². The fourth-order valence-electron chi connectivity index (χ4n) is 3.70. The smallest absolute Gasteiger partial charge is 0.220 e. The van der Waals surface area contributed by atoms with Crippen LogP contribution in [0, 0.1) is 11.8 Å². The molecule has 6 heteroatoms. The van der Waals surface area contributed by atoms with Crippen molar-refractivity contribution in [2.24, 2.45) is 11.8 Å². The van der Waals surface area contributed by atoms with Gasteiger partial charge in [0.2, 0.25) is 5.91 Å². The summed E-state index contributed by atoms with van der Waals surface area (Å²) in [5, 5.41) is 10.9. The third-order valence-electron chi connectivity index (χ3n) is 5.36. The zero-order valence-electron chi connectivity index (χ0n) is 15.5. The lowest BCUT2D eigenvalue weighted by atomic mass is 9.81. The van der Waals surface area contributed by atoms with Gasteiger partial charge in [0.1, 0.15) is 5.76 Å². The van der Waals surface area contributed by atoms with E-state index in [9.17, 15) is 4.79 Å². The van der Waals surface area contributed by atoms with Gasteiger partial charge in [-0.25, -0.2) is 0 Å². The predicted octanol–water partition coefficient (Wildman–Crippen LogP) is 3.40. The maximum atomic E-state index is 12.2. The Morgan fingerprint density at radius 1 is 1.22 bits per heavy atom. The summed E-state index contributed by atoms with van der Waals surface area (Å²) in [6.07, 6.45) is 4.84. The molecule has 144 valence electrons. The van der Waals surface area contributed by atoms with Gasteiger partial charge in [0, 0.05) is 23.4 Å². The quantitative estimate of drug-likeness (QED) is 0.682. The third kappa shape index (κ3) is 5.59. The van der Waals surface area contributed by atoms with Gasteiger partial charge in [0.25, 0.3) is 0 Å². The topological polar surface area (TPSA) is 67.2 Å². The van der Waals surface area contributed by atoms with Crippen molar-refractivity contribution in [3.05, 3.63) is 47.9 Å². The fraction of sp³-hybridized carbons (Fsp3) is 0.524. The first-order valence-corrected chi connectivity index (χ1v) is 10.9. The first kappa shape index (κ1) is 18.6. The van der Waals surface area contributed by atoms with E-state index in [0.29, 0.717) is 24.3 Å². The fourth-order valence-corrected chi connectivity index (χ4v) is 4.49. The lowest BCUT2D eigenvalue weighted by Gasteiger charge is -2.31. The van der Waals surface area contributed by atoms with E-state index in [1.54, 1.807) is 11.8 Å². The van der Waals surface area contributed by atoms with Crippen molar-refractivity contribution in [1.29, 1.82) is 0 Å². The molecule has 1 aromatic carbocycles. The third-order valence-corrected chi connectivity index (χ3v) is 6.39. The molecular weight excluding hydrogens is 358 g/mol. The standard InChI is InChI=1S/C21H27N3O2S/c25-21(23-17-6-7-17)11-15-8-9-22-13-16(15)10-18-12-19(26-24-18)14-27-20-4-2-1-3-5-20/h1-5,12,15-17,22H,6-11,13-14H2,(H,23,25)/t15-,16+/m0/s1. The van der Waals surface area contributed by atoms with Crippen LogP contribution in [0.5, 0.6) is 0 Å². The number of thioether (sulfide) groups is 1. The van der Waals surface area contributed by atoms with Crippen molar-refractivity contribution in [2.45, 2.75) is 48.8 Å². The van der Waals surface area contributed by atoms with Gasteiger partial charge < -0.3 is 15.2 Å². The van der Waals surface area contributed by atoms with Crippen LogP contribution in [-0.2, 0) is 17.0 Å². The van der Waals surface area contributed by atoms with E-state index < -0.39 is 0 Å². The lowest BCUT2D eigenvalue weighted by Crippen LogP contribution is -2.40. The molecular formula is C21H27N3O2S. The molecule has 1 saturated carbocycles. The molecule has 2 fully saturated rings. The number of carbonyl (C=O) groups is 1. The Morgan fingerprint density at radius 2 is 2.07 bits per heavy atom. The molecule has 0 unspecified atom stereocenters. The van der Waals surface area contributed by atoms with Crippen LogP contribution in [0.15, 0.2) is 45.8 Å². The molecule has 1 aromatic heterocycles. The van der Waals surface area contributed by atoms with Crippen molar-refractivity contribution in [1.82, 2.24) is 15.8 Å². The van der Waals surface area contributed by atoms with Gasteiger partial charge in [0.15, 0.2) is 0 Å². The van der Waals surface area contributed by atoms with Crippen LogP contribution < -0.4 is 10.6 Å². The first-order valence-electron chi connectivity index (χ1n) is 9.88. The van der Waals surface area contributed by atoms with E-state index >= 15 is 0 Å². The molecule has 2 atom stereocenters. The summed E-state index contributed by atoms with van der Waals surface area (Å²) in [5.41, 5.74) is 1.000. The Labute approximate surface area is 164 Å². The van der Waals surface area contributed by atoms with Gasteiger partial charge in [0.05, 0.1) is 11.4 Å². The molecule has 0 bridgehead atoms. The predicted molar refractivity (Wildman–Crippen MR) is 106 cm³/mol. The molecule has 2 aromatic rings. The second-order valence-electron chi connectivity index (χ2n) is 7.65. The van der Waals surface area contributed by atoms with Gasteiger partial charge in [-0.3, -0.25) is 4.79 Å².